The van der Waals surface area contributed by atoms with Crippen molar-refractivity contribution in [3.8, 4) is 27.9 Å². The number of nitrogens with zero attached hydrogens (tertiary/aromatic N) is 2. The minimum atomic E-state index is 1.15. The van der Waals surface area contributed by atoms with Crippen molar-refractivity contribution in [1.29, 1.82) is 0 Å². The van der Waals surface area contributed by atoms with Crippen LogP contribution < -0.4 is 4.90 Å². The van der Waals surface area contributed by atoms with E-state index in [1.165, 1.54) is 49.7 Å². The molecule has 0 atom stereocenters. The Kier molecular flexibility index (Phi) is 5.71. The number of hydrogen-bond donors (Lipinski definition) is 0. The zero-order chi connectivity index (χ0) is 26.2. The average molecular weight is 501 g/mol. The summed E-state index contributed by atoms with van der Waals surface area (Å²) in [6, 6.07) is 54.2. The molecular weight excluding hydrogens is 472 g/mol. The third kappa shape index (κ3) is 4.07. The predicted molar refractivity (Wildman–Crippen MR) is 166 cm³/mol. The highest BCUT2D eigenvalue weighted by atomic mass is 15.1. The monoisotopic (exact) mass is 500 g/mol. The molecule has 1 heterocycles. The molecule has 0 spiro atoms. The van der Waals surface area contributed by atoms with Gasteiger partial charge in [0.1, 0.15) is 0 Å². The van der Waals surface area contributed by atoms with Crippen molar-refractivity contribution in [3.63, 3.8) is 0 Å². The van der Waals surface area contributed by atoms with Crippen LogP contribution in [0.2, 0.25) is 0 Å². The maximum absolute atomic E-state index is 2.40. The van der Waals surface area contributed by atoms with Crippen LogP contribution >= 0.6 is 0 Å². The Labute approximate surface area is 229 Å². The average Bonchev–Trinajstić information content (AvgIpc) is 3.36. The molecule has 39 heavy (non-hydrogen) atoms. The van der Waals surface area contributed by atoms with Gasteiger partial charge in [0, 0.05) is 34.8 Å². The van der Waals surface area contributed by atoms with Crippen LogP contribution in [-0.4, -0.2) is 11.6 Å². The maximum atomic E-state index is 2.40. The van der Waals surface area contributed by atoms with Crippen LogP contribution in [0.15, 0.2) is 152 Å². The van der Waals surface area contributed by atoms with E-state index in [0.717, 1.165) is 11.4 Å². The Morgan fingerprint density at radius 1 is 0.410 bits per heavy atom. The number of rotatable bonds is 5. The van der Waals surface area contributed by atoms with Gasteiger partial charge < -0.3 is 9.47 Å². The highest BCUT2D eigenvalue weighted by Gasteiger charge is 2.15. The van der Waals surface area contributed by atoms with Crippen LogP contribution in [0.5, 0.6) is 0 Å². The number of aromatic nitrogens is 1. The van der Waals surface area contributed by atoms with E-state index in [-0.39, 0.29) is 0 Å². The van der Waals surface area contributed by atoms with Gasteiger partial charge in [0.2, 0.25) is 0 Å². The summed E-state index contributed by atoms with van der Waals surface area (Å²) in [5.74, 6) is 0. The van der Waals surface area contributed by atoms with Crippen molar-refractivity contribution in [3.05, 3.63) is 152 Å². The molecule has 7 aromatic rings. The zero-order valence-electron chi connectivity index (χ0n) is 21.8. The molecule has 6 aromatic carbocycles. The molecule has 0 unspecified atom stereocenters. The third-order valence-electron chi connectivity index (χ3n) is 7.65. The molecule has 0 aliphatic carbocycles. The van der Waals surface area contributed by atoms with Crippen LogP contribution in [0.3, 0.4) is 0 Å². The zero-order valence-corrected chi connectivity index (χ0v) is 21.8. The molecule has 0 radical (unpaired) electrons. The molecule has 186 valence electrons. The van der Waals surface area contributed by atoms with Crippen LogP contribution in [0.4, 0.5) is 11.4 Å². The molecule has 0 saturated heterocycles. The summed E-state index contributed by atoms with van der Waals surface area (Å²) in [4.78, 5) is 2.23. The van der Waals surface area contributed by atoms with Crippen LogP contribution in [0.1, 0.15) is 0 Å². The van der Waals surface area contributed by atoms with Gasteiger partial charge in [-0.25, -0.2) is 0 Å². The van der Waals surface area contributed by atoms with Gasteiger partial charge in [-0.1, -0.05) is 109 Å². The van der Waals surface area contributed by atoms with Crippen LogP contribution in [0, 0.1) is 0 Å². The minimum Gasteiger partial charge on any atom is -0.345 e. The quantitative estimate of drug-likeness (QED) is 0.228. The van der Waals surface area contributed by atoms with E-state index in [1.54, 1.807) is 0 Å². The first kappa shape index (κ1) is 23.1. The summed E-state index contributed by atoms with van der Waals surface area (Å²) in [6.45, 7) is 0. The van der Waals surface area contributed by atoms with Crippen molar-refractivity contribution in [1.82, 2.24) is 4.57 Å². The van der Waals surface area contributed by atoms with E-state index < -0.39 is 0 Å². The number of anilines is 2. The normalized spacial score (nSPS) is 11.2. The number of hydrogen-bond acceptors (Lipinski definition) is 1. The van der Waals surface area contributed by atoms with Gasteiger partial charge in [0.05, 0.1) is 16.7 Å². The van der Waals surface area contributed by atoms with E-state index in [0.29, 0.717) is 0 Å². The standard InChI is InChI=1S/C37H28N2/c1-38(30-23-19-28(20-24-30)27-11-3-2-4-12-27)31-25-21-29(22-26-31)32-13-5-8-16-35(32)39-36-17-9-6-14-33(36)34-15-7-10-18-37(34)39/h2-26H,1H3. The molecule has 7 rings (SSSR count). The Morgan fingerprint density at radius 2 is 0.872 bits per heavy atom. The topological polar surface area (TPSA) is 8.17 Å². The molecule has 0 fully saturated rings. The first-order chi connectivity index (χ1) is 19.3. The lowest BCUT2D eigenvalue weighted by atomic mass is 10.0. The Balaban J connectivity index is 1.24. The second-order valence-corrected chi connectivity index (χ2v) is 9.91. The fraction of sp³-hybridized carbons (Fsp3) is 0.0270. The van der Waals surface area contributed by atoms with E-state index in [9.17, 15) is 0 Å². The molecule has 0 aliphatic rings. The molecule has 0 saturated carbocycles. The molecule has 2 heteroatoms. The van der Waals surface area contributed by atoms with Gasteiger partial charge in [-0.15, -0.1) is 0 Å². The van der Waals surface area contributed by atoms with E-state index in [1.807, 2.05) is 0 Å². The summed E-state index contributed by atoms with van der Waals surface area (Å²) in [7, 11) is 2.12. The van der Waals surface area contributed by atoms with Crippen LogP contribution in [-0.2, 0) is 0 Å². The van der Waals surface area contributed by atoms with Crippen molar-refractivity contribution in [2.75, 3.05) is 11.9 Å². The summed E-state index contributed by atoms with van der Waals surface area (Å²) >= 11 is 0. The molecule has 0 N–H and O–H groups in total. The molecule has 2 nitrogen and oxygen atoms in total. The number of para-hydroxylation sites is 3. The highest BCUT2D eigenvalue weighted by Crippen LogP contribution is 2.37. The Hall–Kier alpha value is -5.08. The fourth-order valence-corrected chi connectivity index (χ4v) is 5.62. The number of benzene rings is 6. The first-order valence-electron chi connectivity index (χ1n) is 13.4. The first-order valence-corrected chi connectivity index (χ1v) is 13.4. The summed E-state index contributed by atoms with van der Waals surface area (Å²) in [6.07, 6.45) is 0. The fourth-order valence-electron chi connectivity index (χ4n) is 5.62. The predicted octanol–water partition coefficient (Wildman–Crippen LogP) is 9.89. The second-order valence-electron chi connectivity index (χ2n) is 9.91. The number of fused-ring (bicyclic) bond motifs is 3. The van der Waals surface area contributed by atoms with Gasteiger partial charge in [0.15, 0.2) is 0 Å². The van der Waals surface area contributed by atoms with Gasteiger partial charge >= 0.3 is 0 Å². The van der Waals surface area contributed by atoms with Crippen molar-refractivity contribution in [2.24, 2.45) is 0 Å². The Bertz CT molecular complexity index is 1840. The maximum Gasteiger partial charge on any atom is 0.0541 e. The van der Waals surface area contributed by atoms with Crippen molar-refractivity contribution >= 4 is 33.2 Å². The summed E-state index contributed by atoms with van der Waals surface area (Å²) in [5, 5.41) is 2.55. The minimum absolute atomic E-state index is 1.15. The van der Waals surface area contributed by atoms with Gasteiger partial charge in [-0.3, -0.25) is 0 Å². The summed E-state index contributed by atoms with van der Waals surface area (Å²) < 4.78 is 2.40. The lowest BCUT2D eigenvalue weighted by Gasteiger charge is -2.21. The summed E-state index contributed by atoms with van der Waals surface area (Å²) in [5.41, 5.74) is 10.8. The molecule has 0 amide bonds. The molecule has 1 aromatic heterocycles. The van der Waals surface area contributed by atoms with Gasteiger partial charge in [-0.05, 0) is 59.2 Å². The molecule has 0 aliphatic heterocycles. The van der Waals surface area contributed by atoms with Gasteiger partial charge in [-0.2, -0.15) is 0 Å². The lowest BCUT2D eigenvalue weighted by Crippen LogP contribution is -2.09. The highest BCUT2D eigenvalue weighted by molar-refractivity contribution is 6.09. The lowest BCUT2D eigenvalue weighted by molar-refractivity contribution is 1.18. The molecular formula is C37H28N2. The molecule has 0 bridgehead atoms. The SMILES string of the molecule is CN(c1ccc(-c2ccccc2)cc1)c1ccc(-c2ccccc2-n2c3ccccc3c3ccccc32)cc1. The van der Waals surface area contributed by atoms with Gasteiger partial charge in [0.25, 0.3) is 0 Å². The van der Waals surface area contributed by atoms with Crippen molar-refractivity contribution < 1.29 is 0 Å². The smallest absolute Gasteiger partial charge is 0.0541 e. The van der Waals surface area contributed by atoms with E-state index in [2.05, 4.69) is 168 Å². The van der Waals surface area contributed by atoms with E-state index in [4.69, 9.17) is 0 Å². The van der Waals surface area contributed by atoms with Crippen LogP contribution in [0.25, 0.3) is 49.7 Å². The third-order valence-corrected chi connectivity index (χ3v) is 7.65. The second kappa shape index (κ2) is 9.66. The van der Waals surface area contributed by atoms with E-state index >= 15 is 0 Å². The largest absolute Gasteiger partial charge is 0.345 e. The Morgan fingerprint density at radius 3 is 1.49 bits per heavy atom. The van der Waals surface area contributed by atoms with Crippen molar-refractivity contribution in [2.45, 2.75) is 0 Å².